The van der Waals surface area contributed by atoms with E-state index in [0.29, 0.717) is 24.0 Å². The number of benzene rings is 1. The SMILES string of the molecule is COc1ccc(CN=C(N)NCCc2ccc(-c3csc(C)n3)s2)cc1OC.I. The number of thiophene rings is 1. The van der Waals surface area contributed by atoms with Crippen molar-refractivity contribution in [3.05, 3.63) is 51.2 Å². The second-order valence-electron chi connectivity index (χ2n) is 6.09. The van der Waals surface area contributed by atoms with Crippen molar-refractivity contribution in [2.45, 2.75) is 19.9 Å². The molecule has 0 saturated heterocycles. The summed E-state index contributed by atoms with van der Waals surface area (Å²) in [6.45, 7) is 3.24. The normalized spacial score (nSPS) is 11.1. The summed E-state index contributed by atoms with van der Waals surface area (Å²) in [6, 6.07) is 10.00. The average molecular weight is 544 g/mol. The number of nitrogens with two attached hydrogens (primary N) is 1. The van der Waals surface area contributed by atoms with Gasteiger partial charge in [-0.05, 0) is 43.2 Å². The molecule has 6 nitrogen and oxygen atoms in total. The Bertz CT molecular complexity index is 956. The summed E-state index contributed by atoms with van der Waals surface area (Å²) in [4.78, 5) is 11.4. The summed E-state index contributed by atoms with van der Waals surface area (Å²) >= 11 is 3.44. The lowest BCUT2D eigenvalue weighted by Crippen LogP contribution is -2.33. The lowest BCUT2D eigenvalue weighted by atomic mass is 10.2. The molecule has 0 aliphatic heterocycles. The Balaban J connectivity index is 0.00000300. The number of thiazole rings is 1. The third-order valence-corrected chi connectivity index (χ3v) is 6.03. The molecule has 0 saturated carbocycles. The maximum absolute atomic E-state index is 5.99. The molecule has 9 heteroatoms. The Hall–Kier alpha value is -1.85. The molecule has 0 aliphatic rings. The summed E-state index contributed by atoms with van der Waals surface area (Å²) in [7, 11) is 3.23. The number of methoxy groups -OCH3 is 2. The van der Waals surface area contributed by atoms with Gasteiger partial charge in [0, 0.05) is 16.8 Å². The van der Waals surface area contributed by atoms with Crippen LogP contribution in [0.3, 0.4) is 0 Å². The highest BCUT2D eigenvalue weighted by Crippen LogP contribution is 2.29. The van der Waals surface area contributed by atoms with Crippen LogP contribution in [0, 0.1) is 6.92 Å². The van der Waals surface area contributed by atoms with Gasteiger partial charge in [-0.25, -0.2) is 9.98 Å². The van der Waals surface area contributed by atoms with Crippen LogP contribution in [-0.2, 0) is 13.0 Å². The number of aryl methyl sites for hydroxylation is 1. The fourth-order valence-electron chi connectivity index (χ4n) is 2.65. The second kappa shape index (κ2) is 11.4. The summed E-state index contributed by atoms with van der Waals surface area (Å²) in [6.07, 6.45) is 0.889. The average Bonchev–Trinajstić information content (AvgIpc) is 3.35. The summed E-state index contributed by atoms with van der Waals surface area (Å²) in [5.41, 5.74) is 8.05. The highest BCUT2D eigenvalue weighted by Gasteiger charge is 2.07. The van der Waals surface area contributed by atoms with Crippen molar-refractivity contribution in [3.8, 4) is 22.1 Å². The van der Waals surface area contributed by atoms with E-state index in [1.807, 2.05) is 25.1 Å². The number of rotatable bonds is 8. The fraction of sp³-hybridized carbons (Fsp3) is 0.300. The van der Waals surface area contributed by atoms with E-state index in [0.717, 1.165) is 29.2 Å². The van der Waals surface area contributed by atoms with Gasteiger partial charge >= 0.3 is 0 Å². The minimum Gasteiger partial charge on any atom is -0.493 e. The van der Waals surface area contributed by atoms with Crippen LogP contribution in [0.25, 0.3) is 10.6 Å². The van der Waals surface area contributed by atoms with Crippen molar-refractivity contribution in [2.24, 2.45) is 10.7 Å². The van der Waals surface area contributed by atoms with Crippen LogP contribution >= 0.6 is 46.7 Å². The number of nitrogens with one attached hydrogen (secondary N) is 1. The molecular weight excluding hydrogens is 519 g/mol. The molecule has 0 bridgehead atoms. The molecule has 0 aliphatic carbocycles. The molecule has 2 heterocycles. The van der Waals surface area contributed by atoms with Crippen LogP contribution in [0.2, 0.25) is 0 Å². The molecule has 0 unspecified atom stereocenters. The van der Waals surface area contributed by atoms with Gasteiger partial charge < -0.3 is 20.5 Å². The topological polar surface area (TPSA) is 81.8 Å². The minimum atomic E-state index is 0. The monoisotopic (exact) mass is 544 g/mol. The lowest BCUT2D eigenvalue weighted by Gasteiger charge is -2.09. The first-order chi connectivity index (χ1) is 13.6. The molecule has 3 aromatic rings. The summed E-state index contributed by atoms with van der Waals surface area (Å²) in [5.74, 6) is 1.82. The number of halogens is 1. The number of ether oxygens (including phenoxy) is 2. The predicted octanol–water partition coefficient (Wildman–Crippen LogP) is 4.46. The standard InChI is InChI=1S/C20H24N4O2S2.HI/c1-13-24-16(12-27-13)19-7-5-15(28-19)8-9-22-20(21)23-11-14-4-6-17(25-2)18(10-14)26-3;/h4-7,10,12H,8-9,11H2,1-3H3,(H3,21,22,23);1H. The quantitative estimate of drug-likeness (QED) is 0.249. The molecule has 0 fully saturated rings. The third-order valence-electron chi connectivity index (χ3n) is 4.09. The second-order valence-corrected chi connectivity index (χ2v) is 8.32. The van der Waals surface area contributed by atoms with Crippen molar-refractivity contribution in [1.82, 2.24) is 10.3 Å². The largest absolute Gasteiger partial charge is 0.493 e. The molecule has 3 rings (SSSR count). The summed E-state index contributed by atoms with van der Waals surface area (Å²) < 4.78 is 10.6. The number of hydrogen-bond acceptors (Lipinski definition) is 6. The van der Waals surface area contributed by atoms with E-state index in [1.165, 1.54) is 9.75 Å². The molecule has 3 N–H and O–H groups in total. The number of guanidine groups is 1. The molecule has 156 valence electrons. The van der Waals surface area contributed by atoms with Crippen LogP contribution in [0.4, 0.5) is 0 Å². The molecule has 2 aromatic heterocycles. The zero-order valence-corrected chi connectivity index (χ0v) is 20.6. The Morgan fingerprint density at radius 1 is 1.17 bits per heavy atom. The van der Waals surface area contributed by atoms with Crippen LogP contribution in [-0.4, -0.2) is 31.7 Å². The van der Waals surface area contributed by atoms with Gasteiger partial charge in [-0.15, -0.1) is 46.7 Å². The zero-order valence-electron chi connectivity index (χ0n) is 16.6. The lowest BCUT2D eigenvalue weighted by molar-refractivity contribution is 0.354. The van der Waals surface area contributed by atoms with E-state index in [2.05, 4.69) is 32.8 Å². The van der Waals surface area contributed by atoms with Crippen LogP contribution < -0.4 is 20.5 Å². The summed E-state index contributed by atoms with van der Waals surface area (Å²) in [5, 5.41) is 6.36. The first-order valence-corrected chi connectivity index (χ1v) is 10.5. The van der Waals surface area contributed by atoms with Crippen molar-refractivity contribution in [1.29, 1.82) is 0 Å². The van der Waals surface area contributed by atoms with Crippen LogP contribution in [0.5, 0.6) is 11.5 Å². The highest BCUT2D eigenvalue weighted by atomic mass is 127. The smallest absolute Gasteiger partial charge is 0.188 e. The number of hydrogen-bond donors (Lipinski definition) is 2. The highest BCUT2D eigenvalue weighted by molar-refractivity contribution is 14.0. The van der Waals surface area contributed by atoms with Gasteiger partial charge in [-0.3, -0.25) is 0 Å². The Morgan fingerprint density at radius 2 is 1.97 bits per heavy atom. The number of nitrogens with zero attached hydrogens (tertiary/aromatic N) is 2. The van der Waals surface area contributed by atoms with Gasteiger partial charge in [0.25, 0.3) is 0 Å². The molecular formula is C20H25IN4O2S2. The maximum Gasteiger partial charge on any atom is 0.188 e. The van der Waals surface area contributed by atoms with Gasteiger partial charge in [0.1, 0.15) is 0 Å². The number of aliphatic imine (C=N–C) groups is 1. The Labute approximate surface area is 196 Å². The predicted molar refractivity (Wildman–Crippen MR) is 132 cm³/mol. The molecule has 0 amide bonds. The van der Waals surface area contributed by atoms with E-state index in [9.17, 15) is 0 Å². The number of aromatic nitrogens is 1. The van der Waals surface area contributed by atoms with Gasteiger partial charge in [-0.2, -0.15) is 0 Å². The molecule has 0 spiro atoms. The van der Waals surface area contributed by atoms with E-state index in [-0.39, 0.29) is 24.0 Å². The first kappa shape index (κ1) is 23.4. The van der Waals surface area contributed by atoms with Crippen molar-refractivity contribution >= 4 is 52.6 Å². The van der Waals surface area contributed by atoms with Crippen LogP contribution in [0.1, 0.15) is 15.4 Å². The van der Waals surface area contributed by atoms with E-state index < -0.39 is 0 Å². The maximum atomic E-state index is 5.99. The molecule has 29 heavy (non-hydrogen) atoms. The first-order valence-electron chi connectivity index (χ1n) is 8.85. The van der Waals surface area contributed by atoms with E-state index >= 15 is 0 Å². The molecule has 0 radical (unpaired) electrons. The van der Waals surface area contributed by atoms with Gasteiger partial charge in [-0.1, -0.05) is 6.07 Å². The van der Waals surface area contributed by atoms with E-state index in [1.54, 1.807) is 36.9 Å². The van der Waals surface area contributed by atoms with Gasteiger partial charge in [0.05, 0.1) is 36.3 Å². The Morgan fingerprint density at radius 3 is 2.66 bits per heavy atom. The molecule has 0 atom stereocenters. The Kier molecular flexibility index (Phi) is 9.18. The van der Waals surface area contributed by atoms with Crippen molar-refractivity contribution < 1.29 is 9.47 Å². The van der Waals surface area contributed by atoms with Crippen molar-refractivity contribution in [2.75, 3.05) is 20.8 Å². The zero-order chi connectivity index (χ0) is 19.9. The van der Waals surface area contributed by atoms with E-state index in [4.69, 9.17) is 15.2 Å². The van der Waals surface area contributed by atoms with Crippen LogP contribution in [0.15, 0.2) is 40.7 Å². The minimum absolute atomic E-state index is 0. The fourth-order valence-corrected chi connectivity index (χ4v) is 4.31. The van der Waals surface area contributed by atoms with Gasteiger partial charge in [0.2, 0.25) is 0 Å². The van der Waals surface area contributed by atoms with Gasteiger partial charge in [0.15, 0.2) is 17.5 Å². The van der Waals surface area contributed by atoms with Crippen molar-refractivity contribution in [3.63, 3.8) is 0 Å². The third kappa shape index (κ3) is 6.58. The molecule has 1 aromatic carbocycles.